The van der Waals surface area contributed by atoms with Crippen molar-refractivity contribution >= 4 is 0 Å². The van der Waals surface area contributed by atoms with E-state index in [1.165, 1.54) is 5.56 Å². The zero-order chi connectivity index (χ0) is 8.81. The smallest absolute Gasteiger partial charge is 0.0991 e. The van der Waals surface area contributed by atoms with Crippen LogP contribution in [0, 0.1) is 11.3 Å². The number of hydrogen-bond acceptors (Lipinski definition) is 2. The van der Waals surface area contributed by atoms with Crippen molar-refractivity contribution in [3.05, 3.63) is 35.4 Å². The fraction of sp³-hybridized carbons (Fsp3) is 0.300. The van der Waals surface area contributed by atoms with E-state index in [0.29, 0.717) is 0 Å². The van der Waals surface area contributed by atoms with Gasteiger partial charge in [0.1, 0.15) is 0 Å². The molecule has 0 bridgehead atoms. The van der Waals surface area contributed by atoms with Crippen molar-refractivity contribution in [2.75, 3.05) is 6.54 Å². The van der Waals surface area contributed by atoms with Gasteiger partial charge in [-0.1, -0.05) is 19.1 Å². The molecule has 2 heteroatoms. The molecule has 0 fully saturated rings. The maximum Gasteiger partial charge on any atom is 0.0991 e. The number of rotatable bonds is 3. The van der Waals surface area contributed by atoms with E-state index in [0.717, 1.165) is 18.7 Å². The molecule has 1 rings (SSSR count). The molecule has 0 aliphatic heterocycles. The zero-order valence-electron chi connectivity index (χ0n) is 7.17. The highest BCUT2D eigenvalue weighted by atomic mass is 14.8. The lowest BCUT2D eigenvalue weighted by atomic mass is 10.1. The molecule has 0 amide bonds. The van der Waals surface area contributed by atoms with Gasteiger partial charge in [-0.3, -0.25) is 0 Å². The van der Waals surface area contributed by atoms with Crippen LogP contribution in [-0.4, -0.2) is 6.54 Å². The normalized spacial score (nSPS) is 9.33. The molecule has 0 radical (unpaired) electrons. The minimum Gasteiger partial charge on any atom is -0.313 e. The second kappa shape index (κ2) is 4.53. The molecule has 12 heavy (non-hydrogen) atoms. The Morgan fingerprint density at radius 3 is 2.50 bits per heavy atom. The summed E-state index contributed by atoms with van der Waals surface area (Å²) in [5.74, 6) is 0. The van der Waals surface area contributed by atoms with Crippen molar-refractivity contribution in [3.63, 3.8) is 0 Å². The summed E-state index contributed by atoms with van der Waals surface area (Å²) in [7, 11) is 0. The number of nitrogens with zero attached hydrogens (tertiary/aromatic N) is 1. The van der Waals surface area contributed by atoms with Crippen molar-refractivity contribution in [1.29, 1.82) is 5.26 Å². The standard InChI is InChI=1S/C10H12N2/c1-2-12-8-10-5-3-9(7-11)4-6-10/h3-6,12H,2,8H2,1H3. The largest absolute Gasteiger partial charge is 0.313 e. The molecule has 2 nitrogen and oxygen atoms in total. The van der Waals surface area contributed by atoms with Crippen molar-refractivity contribution in [1.82, 2.24) is 5.32 Å². The van der Waals surface area contributed by atoms with Gasteiger partial charge < -0.3 is 5.32 Å². The molecule has 0 spiro atoms. The van der Waals surface area contributed by atoms with Crippen molar-refractivity contribution in [2.24, 2.45) is 0 Å². The van der Waals surface area contributed by atoms with Crippen LogP contribution in [0.4, 0.5) is 0 Å². The summed E-state index contributed by atoms with van der Waals surface area (Å²) >= 11 is 0. The average molecular weight is 160 g/mol. The first kappa shape index (κ1) is 8.76. The highest BCUT2D eigenvalue weighted by Crippen LogP contribution is 2.02. The minimum atomic E-state index is 0.718. The van der Waals surface area contributed by atoms with Gasteiger partial charge >= 0.3 is 0 Å². The third-order valence-electron chi connectivity index (χ3n) is 1.66. The Kier molecular flexibility index (Phi) is 3.31. The van der Waals surface area contributed by atoms with E-state index in [1.54, 1.807) is 0 Å². The number of nitrogens with one attached hydrogen (secondary N) is 1. The molecule has 0 unspecified atom stereocenters. The molecule has 1 N–H and O–H groups in total. The van der Waals surface area contributed by atoms with Crippen LogP contribution in [0.3, 0.4) is 0 Å². The van der Waals surface area contributed by atoms with Crippen LogP contribution in [0.1, 0.15) is 18.1 Å². The van der Waals surface area contributed by atoms with Crippen molar-refractivity contribution in [2.45, 2.75) is 13.5 Å². The Hall–Kier alpha value is -1.33. The van der Waals surface area contributed by atoms with Crippen LogP contribution >= 0.6 is 0 Å². The van der Waals surface area contributed by atoms with Gasteiger partial charge in [0, 0.05) is 6.54 Å². The number of nitriles is 1. The lowest BCUT2D eigenvalue weighted by Crippen LogP contribution is -2.11. The van der Waals surface area contributed by atoms with Crippen molar-refractivity contribution in [3.8, 4) is 6.07 Å². The van der Waals surface area contributed by atoms with E-state index in [9.17, 15) is 0 Å². The van der Waals surface area contributed by atoms with Gasteiger partial charge in [0.2, 0.25) is 0 Å². The van der Waals surface area contributed by atoms with Crippen LogP contribution in [0.15, 0.2) is 24.3 Å². The Morgan fingerprint density at radius 1 is 1.33 bits per heavy atom. The third-order valence-corrected chi connectivity index (χ3v) is 1.66. The summed E-state index contributed by atoms with van der Waals surface area (Å²) in [5.41, 5.74) is 1.94. The quantitative estimate of drug-likeness (QED) is 0.730. The molecule has 0 saturated carbocycles. The molecule has 1 aromatic rings. The van der Waals surface area contributed by atoms with Crippen LogP contribution in [0.5, 0.6) is 0 Å². The van der Waals surface area contributed by atoms with Crippen molar-refractivity contribution < 1.29 is 0 Å². The third kappa shape index (κ3) is 2.37. The summed E-state index contributed by atoms with van der Waals surface area (Å²) in [4.78, 5) is 0. The van der Waals surface area contributed by atoms with E-state index in [2.05, 4.69) is 18.3 Å². The van der Waals surface area contributed by atoms with E-state index < -0.39 is 0 Å². The molecule has 0 heterocycles. The van der Waals surface area contributed by atoms with Crippen LogP contribution in [-0.2, 0) is 6.54 Å². The summed E-state index contributed by atoms with van der Waals surface area (Å²) in [6, 6.07) is 9.72. The first-order valence-corrected chi connectivity index (χ1v) is 4.06. The monoisotopic (exact) mass is 160 g/mol. The van der Waals surface area contributed by atoms with E-state index in [1.807, 2.05) is 24.3 Å². The minimum absolute atomic E-state index is 0.718. The van der Waals surface area contributed by atoms with Gasteiger partial charge in [0.05, 0.1) is 11.6 Å². The van der Waals surface area contributed by atoms with Crippen LogP contribution in [0.2, 0.25) is 0 Å². The molecule has 0 aliphatic rings. The first-order valence-electron chi connectivity index (χ1n) is 4.06. The summed E-state index contributed by atoms with van der Waals surface area (Å²) < 4.78 is 0. The molecular weight excluding hydrogens is 148 g/mol. The molecular formula is C10H12N2. The fourth-order valence-corrected chi connectivity index (χ4v) is 0.966. The average Bonchev–Trinajstić information content (AvgIpc) is 2.15. The number of benzene rings is 1. The Labute approximate surface area is 72.8 Å². The maximum absolute atomic E-state index is 8.54. The molecule has 62 valence electrons. The molecule has 0 saturated heterocycles. The predicted molar refractivity (Wildman–Crippen MR) is 48.5 cm³/mol. The first-order chi connectivity index (χ1) is 5.86. The van der Waals surface area contributed by atoms with E-state index in [4.69, 9.17) is 5.26 Å². The van der Waals surface area contributed by atoms with Crippen LogP contribution in [0.25, 0.3) is 0 Å². The van der Waals surface area contributed by atoms with Gasteiger partial charge in [-0.2, -0.15) is 5.26 Å². The fourth-order valence-electron chi connectivity index (χ4n) is 0.966. The Balaban J connectivity index is 2.60. The predicted octanol–water partition coefficient (Wildman–Crippen LogP) is 1.67. The van der Waals surface area contributed by atoms with E-state index >= 15 is 0 Å². The van der Waals surface area contributed by atoms with Gasteiger partial charge in [0.15, 0.2) is 0 Å². The topological polar surface area (TPSA) is 35.8 Å². The molecule has 0 aliphatic carbocycles. The second-order valence-corrected chi connectivity index (χ2v) is 2.59. The van der Waals surface area contributed by atoms with Gasteiger partial charge in [-0.15, -0.1) is 0 Å². The molecule has 0 atom stereocenters. The highest BCUT2D eigenvalue weighted by Gasteiger charge is 1.91. The lowest BCUT2D eigenvalue weighted by Gasteiger charge is -2.00. The van der Waals surface area contributed by atoms with Gasteiger partial charge in [-0.25, -0.2) is 0 Å². The summed E-state index contributed by atoms with van der Waals surface area (Å²) in [6.07, 6.45) is 0. The lowest BCUT2D eigenvalue weighted by molar-refractivity contribution is 0.727. The highest BCUT2D eigenvalue weighted by molar-refractivity contribution is 5.31. The summed E-state index contributed by atoms with van der Waals surface area (Å²) in [6.45, 7) is 3.92. The second-order valence-electron chi connectivity index (χ2n) is 2.59. The Morgan fingerprint density at radius 2 is 2.00 bits per heavy atom. The SMILES string of the molecule is CCNCc1ccc(C#N)cc1. The van der Waals surface area contributed by atoms with Gasteiger partial charge in [0.25, 0.3) is 0 Å². The van der Waals surface area contributed by atoms with E-state index in [-0.39, 0.29) is 0 Å². The van der Waals surface area contributed by atoms with Crippen LogP contribution < -0.4 is 5.32 Å². The molecule has 0 aromatic heterocycles. The Bertz CT molecular complexity index is 269. The zero-order valence-corrected chi connectivity index (χ0v) is 7.17. The number of hydrogen-bond donors (Lipinski definition) is 1. The maximum atomic E-state index is 8.54. The van der Waals surface area contributed by atoms with Gasteiger partial charge in [-0.05, 0) is 24.2 Å². The summed E-state index contributed by atoms with van der Waals surface area (Å²) in [5, 5.41) is 11.8. The molecule has 1 aromatic carbocycles.